The van der Waals surface area contributed by atoms with Gasteiger partial charge in [0.05, 0.1) is 0 Å². The Morgan fingerprint density at radius 1 is 1.29 bits per heavy atom. The quantitative estimate of drug-likeness (QED) is 0.802. The molecule has 0 bridgehead atoms. The van der Waals surface area contributed by atoms with E-state index in [9.17, 15) is 9.59 Å². The number of nitrogens with one attached hydrogen (secondary N) is 2. The zero-order valence-electron chi connectivity index (χ0n) is 13.7. The number of hydrogen-bond donors (Lipinski definition) is 2. The average molecular weight is 373 g/mol. The minimum atomic E-state index is -0.0980. The molecule has 24 heavy (non-hydrogen) atoms. The zero-order chi connectivity index (χ0) is 16.1. The summed E-state index contributed by atoms with van der Waals surface area (Å²) in [5.41, 5.74) is 0.669. The Kier molecular flexibility index (Phi) is 7.48. The Labute approximate surface area is 153 Å². The SMILES string of the molecule is Cl.O=C(NCCC(=O)N1CCC(N2CCNCC2)C1)c1ccsc1. The molecular formula is C16H25ClN4O2S. The standard InChI is InChI=1S/C16H24N4O2S.ClH/c21-15(1-4-18-16(22)13-3-10-23-12-13)20-7-2-14(11-20)19-8-5-17-6-9-19;/h3,10,12,14,17H,1-2,4-9,11H2,(H,18,22);1H. The summed E-state index contributed by atoms with van der Waals surface area (Å²) < 4.78 is 0. The van der Waals surface area contributed by atoms with Crippen molar-refractivity contribution >= 4 is 35.6 Å². The van der Waals surface area contributed by atoms with Gasteiger partial charge in [-0.05, 0) is 17.9 Å². The van der Waals surface area contributed by atoms with Gasteiger partial charge in [-0.15, -0.1) is 12.4 Å². The van der Waals surface area contributed by atoms with Gasteiger partial charge < -0.3 is 15.5 Å². The van der Waals surface area contributed by atoms with Crippen LogP contribution in [0.2, 0.25) is 0 Å². The fourth-order valence-electron chi connectivity index (χ4n) is 3.25. The number of nitrogens with zero attached hydrogens (tertiary/aromatic N) is 2. The number of amides is 2. The van der Waals surface area contributed by atoms with Crippen molar-refractivity contribution < 1.29 is 9.59 Å². The Bertz CT molecular complexity index is 534. The maximum atomic E-state index is 12.3. The lowest BCUT2D eigenvalue weighted by molar-refractivity contribution is -0.130. The second-order valence-corrected chi connectivity index (χ2v) is 6.87. The Hall–Kier alpha value is -1.15. The van der Waals surface area contributed by atoms with Crippen LogP contribution >= 0.6 is 23.7 Å². The molecule has 6 nitrogen and oxygen atoms in total. The summed E-state index contributed by atoms with van der Waals surface area (Å²) in [4.78, 5) is 28.5. The van der Waals surface area contributed by atoms with E-state index in [2.05, 4.69) is 15.5 Å². The molecule has 2 aliphatic heterocycles. The Morgan fingerprint density at radius 3 is 2.79 bits per heavy atom. The number of thiophene rings is 1. The molecule has 1 unspecified atom stereocenters. The van der Waals surface area contributed by atoms with Crippen LogP contribution in [-0.2, 0) is 4.79 Å². The molecule has 0 saturated carbocycles. The molecule has 0 aliphatic carbocycles. The highest BCUT2D eigenvalue weighted by atomic mass is 35.5. The minimum Gasteiger partial charge on any atom is -0.351 e. The number of carbonyl (C=O) groups excluding carboxylic acids is 2. The van der Waals surface area contributed by atoms with Crippen molar-refractivity contribution in [2.75, 3.05) is 45.8 Å². The fraction of sp³-hybridized carbons (Fsp3) is 0.625. The number of carbonyl (C=O) groups is 2. The van der Waals surface area contributed by atoms with Gasteiger partial charge in [0, 0.05) is 69.2 Å². The molecule has 2 fully saturated rings. The normalized spacial score (nSPS) is 21.3. The van der Waals surface area contributed by atoms with E-state index in [1.54, 1.807) is 6.07 Å². The number of halogens is 1. The van der Waals surface area contributed by atoms with Gasteiger partial charge in [0.1, 0.15) is 0 Å². The first kappa shape index (κ1) is 19.2. The molecule has 1 aromatic rings. The highest BCUT2D eigenvalue weighted by molar-refractivity contribution is 7.08. The summed E-state index contributed by atoms with van der Waals surface area (Å²) in [6.45, 7) is 6.30. The molecule has 2 saturated heterocycles. The van der Waals surface area contributed by atoms with Crippen LogP contribution < -0.4 is 10.6 Å². The lowest BCUT2D eigenvalue weighted by Gasteiger charge is -2.32. The largest absolute Gasteiger partial charge is 0.351 e. The van der Waals surface area contributed by atoms with Gasteiger partial charge in [0.25, 0.3) is 5.91 Å². The molecule has 3 heterocycles. The summed E-state index contributed by atoms with van der Waals surface area (Å²) in [7, 11) is 0. The summed E-state index contributed by atoms with van der Waals surface area (Å²) in [5.74, 6) is 0.0485. The van der Waals surface area contributed by atoms with Gasteiger partial charge in [-0.2, -0.15) is 11.3 Å². The van der Waals surface area contributed by atoms with Crippen LogP contribution in [0.5, 0.6) is 0 Å². The van der Waals surface area contributed by atoms with Crippen molar-refractivity contribution in [3.8, 4) is 0 Å². The lowest BCUT2D eigenvalue weighted by Crippen LogP contribution is -2.49. The van der Waals surface area contributed by atoms with Crippen LogP contribution in [0.4, 0.5) is 0 Å². The molecule has 2 amide bonds. The molecule has 1 aromatic heterocycles. The smallest absolute Gasteiger partial charge is 0.252 e. The number of likely N-dealkylation sites (tertiary alicyclic amines) is 1. The highest BCUT2D eigenvalue weighted by Gasteiger charge is 2.30. The first-order valence-electron chi connectivity index (χ1n) is 8.27. The molecule has 2 aliphatic rings. The maximum absolute atomic E-state index is 12.3. The lowest BCUT2D eigenvalue weighted by atomic mass is 10.2. The second kappa shape index (κ2) is 9.36. The van der Waals surface area contributed by atoms with Crippen molar-refractivity contribution in [2.45, 2.75) is 18.9 Å². The summed E-state index contributed by atoms with van der Waals surface area (Å²) in [6, 6.07) is 2.29. The molecule has 8 heteroatoms. The van der Waals surface area contributed by atoms with Crippen molar-refractivity contribution in [2.24, 2.45) is 0 Å². The number of hydrogen-bond acceptors (Lipinski definition) is 5. The van der Waals surface area contributed by atoms with Crippen molar-refractivity contribution in [1.82, 2.24) is 20.4 Å². The third-order valence-corrected chi connectivity index (χ3v) is 5.28. The van der Waals surface area contributed by atoms with Crippen LogP contribution in [0.25, 0.3) is 0 Å². The predicted molar refractivity (Wildman–Crippen MR) is 97.9 cm³/mol. The van der Waals surface area contributed by atoms with E-state index in [0.29, 0.717) is 24.6 Å². The van der Waals surface area contributed by atoms with E-state index >= 15 is 0 Å². The summed E-state index contributed by atoms with van der Waals surface area (Å²) >= 11 is 1.50. The average Bonchev–Trinajstić information content (AvgIpc) is 3.27. The number of rotatable bonds is 5. The molecular weight excluding hydrogens is 348 g/mol. The maximum Gasteiger partial charge on any atom is 0.252 e. The van der Waals surface area contributed by atoms with Crippen LogP contribution in [-0.4, -0.2) is 73.5 Å². The molecule has 0 aromatic carbocycles. The second-order valence-electron chi connectivity index (χ2n) is 6.09. The van der Waals surface area contributed by atoms with Gasteiger partial charge in [0.15, 0.2) is 0 Å². The topological polar surface area (TPSA) is 64.7 Å². The molecule has 0 radical (unpaired) electrons. The van der Waals surface area contributed by atoms with Crippen LogP contribution in [0.3, 0.4) is 0 Å². The Balaban J connectivity index is 0.00000208. The van der Waals surface area contributed by atoms with Gasteiger partial charge in [-0.1, -0.05) is 0 Å². The van der Waals surface area contributed by atoms with Crippen molar-refractivity contribution in [3.63, 3.8) is 0 Å². The highest BCUT2D eigenvalue weighted by Crippen LogP contribution is 2.17. The van der Waals surface area contributed by atoms with E-state index < -0.39 is 0 Å². The molecule has 1 atom stereocenters. The molecule has 0 spiro atoms. The van der Waals surface area contributed by atoms with Gasteiger partial charge in [-0.25, -0.2) is 0 Å². The minimum absolute atomic E-state index is 0. The number of piperazine rings is 1. The molecule has 3 rings (SSSR count). The third-order valence-electron chi connectivity index (χ3n) is 4.59. The summed E-state index contributed by atoms with van der Waals surface area (Å²) in [5, 5.41) is 9.87. The van der Waals surface area contributed by atoms with Crippen LogP contribution in [0.1, 0.15) is 23.2 Å². The van der Waals surface area contributed by atoms with Crippen molar-refractivity contribution in [3.05, 3.63) is 22.4 Å². The van der Waals surface area contributed by atoms with E-state index in [-0.39, 0.29) is 24.2 Å². The van der Waals surface area contributed by atoms with E-state index in [4.69, 9.17) is 0 Å². The first-order valence-corrected chi connectivity index (χ1v) is 9.21. The van der Waals surface area contributed by atoms with Crippen molar-refractivity contribution in [1.29, 1.82) is 0 Å². The summed E-state index contributed by atoms with van der Waals surface area (Å²) in [6.07, 6.45) is 1.44. The van der Waals surface area contributed by atoms with E-state index in [1.807, 2.05) is 15.7 Å². The third kappa shape index (κ3) is 4.92. The van der Waals surface area contributed by atoms with Gasteiger partial charge in [0.2, 0.25) is 5.91 Å². The van der Waals surface area contributed by atoms with E-state index in [0.717, 1.165) is 45.7 Å². The molecule has 134 valence electrons. The Morgan fingerprint density at radius 2 is 2.08 bits per heavy atom. The van der Waals surface area contributed by atoms with E-state index in [1.165, 1.54) is 11.3 Å². The predicted octanol–water partition coefficient (Wildman–Crippen LogP) is 0.796. The molecule has 2 N–H and O–H groups in total. The zero-order valence-corrected chi connectivity index (χ0v) is 15.3. The fourth-order valence-corrected chi connectivity index (χ4v) is 3.89. The monoisotopic (exact) mass is 372 g/mol. The van der Waals surface area contributed by atoms with Crippen LogP contribution in [0, 0.1) is 0 Å². The van der Waals surface area contributed by atoms with Gasteiger partial charge >= 0.3 is 0 Å². The van der Waals surface area contributed by atoms with Gasteiger partial charge in [-0.3, -0.25) is 14.5 Å². The van der Waals surface area contributed by atoms with Crippen LogP contribution in [0.15, 0.2) is 16.8 Å². The first-order chi connectivity index (χ1) is 11.2.